The number of benzene rings is 1. The quantitative estimate of drug-likeness (QED) is 0.760. The summed E-state index contributed by atoms with van der Waals surface area (Å²) in [5.41, 5.74) is 0.650. The van der Waals surface area contributed by atoms with E-state index >= 15 is 0 Å². The summed E-state index contributed by atoms with van der Waals surface area (Å²) in [6.07, 6.45) is 5.41. The summed E-state index contributed by atoms with van der Waals surface area (Å²) in [5, 5.41) is 7.85. The van der Waals surface area contributed by atoms with E-state index in [4.69, 9.17) is 11.6 Å². The van der Waals surface area contributed by atoms with Crippen LogP contribution >= 0.6 is 11.6 Å². The number of nitrogens with zero attached hydrogens (tertiary/aromatic N) is 5. The number of halogens is 2. The van der Waals surface area contributed by atoms with Crippen LogP contribution in [0.4, 0.5) is 15.9 Å². The first-order chi connectivity index (χ1) is 12.6. The number of carbonyl (C=O) groups is 1. The number of nitrogens with one attached hydrogen (secondary N) is 1. The van der Waals surface area contributed by atoms with Crippen LogP contribution in [0.25, 0.3) is 11.0 Å². The number of amides is 1. The Morgan fingerprint density at radius 1 is 1.27 bits per heavy atom. The van der Waals surface area contributed by atoms with Crippen molar-refractivity contribution in [2.24, 2.45) is 0 Å². The third-order valence-corrected chi connectivity index (χ3v) is 4.55. The average molecular weight is 375 g/mol. The predicted molar refractivity (Wildman–Crippen MR) is 96.8 cm³/mol. The molecule has 3 aromatic rings. The Bertz CT molecular complexity index is 969. The minimum absolute atomic E-state index is 0.0724. The fraction of sp³-hybridized carbons (Fsp3) is 0.294. The van der Waals surface area contributed by atoms with Crippen molar-refractivity contribution in [3.8, 4) is 0 Å². The van der Waals surface area contributed by atoms with Gasteiger partial charge in [-0.3, -0.25) is 4.79 Å². The van der Waals surface area contributed by atoms with Gasteiger partial charge in [-0.15, -0.1) is 0 Å². The lowest BCUT2D eigenvalue weighted by Gasteiger charge is -2.16. The number of carbonyl (C=O) groups excluding carboxylic acids is 1. The fourth-order valence-corrected chi connectivity index (χ4v) is 3.25. The molecule has 1 N–H and O–H groups in total. The van der Waals surface area contributed by atoms with Crippen molar-refractivity contribution in [1.29, 1.82) is 0 Å². The molecule has 1 aromatic carbocycles. The first-order valence-corrected chi connectivity index (χ1v) is 8.66. The Hall–Kier alpha value is -2.74. The summed E-state index contributed by atoms with van der Waals surface area (Å²) in [6.45, 7) is 1.82. The third-order valence-electron chi connectivity index (χ3n) is 4.32. The molecule has 0 bridgehead atoms. The van der Waals surface area contributed by atoms with Crippen LogP contribution in [0, 0.1) is 5.82 Å². The van der Waals surface area contributed by atoms with Gasteiger partial charge >= 0.3 is 0 Å². The van der Waals surface area contributed by atoms with Crippen LogP contribution in [0.2, 0.25) is 5.02 Å². The molecule has 4 rings (SSSR count). The first-order valence-electron chi connectivity index (χ1n) is 8.28. The molecule has 7 nitrogen and oxygen atoms in total. The maximum absolute atomic E-state index is 13.8. The SMILES string of the molecule is O=C(Cn1ncc2c(N3CCCC3)ncnc21)Nc1ccc(Cl)cc1F. The van der Waals surface area contributed by atoms with Crippen molar-refractivity contribution >= 4 is 40.0 Å². The van der Waals surface area contributed by atoms with E-state index in [-0.39, 0.29) is 17.3 Å². The second-order valence-corrected chi connectivity index (χ2v) is 6.54. The van der Waals surface area contributed by atoms with E-state index in [2.05, 4.69) is 25.3 Å². The molecule has 1 fully saturated rings. The Morgan fingerprint density at radius 3 is 2.85 bits per heavy atom. The minimum Gasteiger partial charge on any atom is -0.356 e. The summed E-state index contributed by atoms with van der Waals surface area (Å²) in [6, 6.07) is 4.08. The molecule has 0 radical (unpaired) electrons. The average Bonchev–Trinajstić information content (AvgIpc) is 3.28. The molecule has 0 unspecified atom stereocenters. The fourth-order valence-electron chi connectivity index (χ4n) is 3.09. The van der Waals surface area contributed by atoms with E-state index in [1.165, 1.54) is 23.1 Å². The molecule has 1 aliphatic heterocycles. The van der Waals surface area contributed by atoms with Gasteiger partial charge in [0.05, 0.1) is 17.3 Å². The van der Waals surface area contributed by atoms with E-state index in [1.807, 2.05) is 0 Å². The Kier molecular flexibility index (Phi) is 4.42. The lowest BCUT2D eigenvalue weighted by molar-refractivity contribution is -0.116. The molecule has 2 aromatic heterocycles. The highest BCUT2D eigenvalue weighted by Crippen LogP contribution is 2.25. The third kappa shape index (κ3) is 3.20. The molecule has 0 spiro atoms. The summed E-state index contributed by atoms with van der Waals surface area (Å²) < 4.78 is 15.3. The predicted octanol–water partition coefficient (Wildman–Crippen LogP) is 2.86. The molecule has 0 aliphatic carbocycles. The van der Waals surface area contributed by atoms with E-state index in [1.54, 1.807) is 6.20 Å². The maximum Gasteiger partial charge on any atom is 0.246 e. The zero-order valence-electron chi connectivity index (χ0n) is 13.8. The van der Waals surface area contributed by atoms with Gasteiger partial charge in [0.1, 0.15) is 24.5 Å². The van der Waals surface area contributed by atoms with Crippen LogP contribution in [-0.2, 0) is 11.3 Å². The molecule has 0 saturated carbocycles. The standard InChI is InChI=1S/C17H16ClFN6O/c18-11-3-4-14(13(19)7-11)23-15(26)9-25-17-12(8-22-25)16(20-10-21-17)24-5-1-2-6-24/h3-4,7-8,10H,1-2,5-6,9H2,(H,23,26). The van der Waals surface area contributed by atoms with E-state index in [0.717, 1.165) is 43.2 Å². The van der Waals surface area contributed by atoms with Crippen molar-refractivity contribution in [3.63, 3.8) is 0 Å². The normalized spacial score (nSPS) is 14.2. The number of aromatic nitrogens is 4. The van der Waals surface area contributed by atoms with E-state index in [0.29, 0.717) is 5.65 Å². The van der Waals surface area contributed by atoms with Gasteiger partial charge in [-0.1, -0.05) is 11.6 Å². The van der Waals surface area contributed by atoms with E-state index < -0.39 is 11.7 Å². The van der Waals surface area contributed by atoms with E-state index in [9.17, 15) is 9.18 Å². The van der Waals surface area contributed by atoms with Gasteiger partial charge in [0.15, 0.2) is 5.65 Å². The van der Waals surface area contributed by atoms with Gasteiger partial charge in [-0.2, -0.15) is 5.10 Å². The number of fused-ring (bicyclic) bond motifs is 1. The summed E-state index contributed by atoms with van der Waals surface area (Å²) in [5.74, 6) is -0.157. The molecular formula is C17H16ClFN6O. The Morgan fingerprint density at radius 2 is 2.08 bits per heavy atom. The van der Waals surface area contributed by atoms with Crippen LogP contribution in [0.15, 0.2) is 30.7 Å². The van der Waals surface area contributed by atoms with Crippen molar-refractivity contribution in [1.82, 2.24) is 19.7 Å². The van der Waals surface area contributed by atoms with Crippen LogP contribution in [0.1, 0.15) is 12.8 Å². The molecule has 3 heterocycles. The summed E-state index contributed by atoms with van der Waals surface area (Å²) in [7, 11) is 0. The second-order valence-electron chi connectivity index (χ2n) is 6.10. The highest BCUT2D eigenvalue weighted by molar-refractivity contribution is 6.30. The monoisotopic (exact) mass is 374 g/mol. The van der Waals surface area contributed by atoms with Crippen molar-refractivity contribution in [2.75, 3.05) is 23.3 Å². The van der Waals surface area contributed by atoms with Gasteiger partial charge in [-0.05, 0) is 31.0 Å². The molecule has 26 heavy (non-hydrogen) atoms. The van der Waals surface area contributed by atoms with Gasteiger partial charge in [0.25, 0.3) is 0 Å². The lowest BCUT2D eigenvalue weighted by Crippen LogP contribution is -2.21. The van der Waals surface area contributed by atoms with Crippen LogP contribution in [0.3, 0.4) is 0 Å². The first kappa shape index (κ1) is 16.7. The second kappa shape index (κ2) is 6.87. The molecule has 9 heteroatoms. The lowest BCUT2D eigenvalue weighted by atomic mass is 10.3. The van der Waals surface area contributed by atoms with Crippen LogP contribution in [0.5, 0.6) is 0 Å². The molecule has 1 aliphatic rings. The molecular weight excluding hydrogens is 359 g/mol. The summed E-state index contributed by atoms with van der Waals surface area (Å²) in [4.78, 5) is 23.1. The molecule has 134 valence electrons. The van der Waals surface area contributed by atoms with Gasteiger partial charge in [0, 0.05) is 18.1 Å². The molecule has 1 amide bonds. The smallest absolute Gasteiger partial charge is 0.246 e. The zero-order chi connectivity index (χ0) is 18.1. The number of hydrogen-bond donors (Lipinski definition) is 1. The van der Waals surface area contributed by atoms with Gasteiger partial charge in [0.2, 0.25) is 5.91 Å². The number of anilines is 2. The Labute approximate surface area is 153 Å². The number of rotatable bonds is 4. The van der Waals surface area contributed by atoms with Gasteiger partial charge < -0.3 is 10.2 Å². The number of hydrogen-bond acceptors (Lipinski definition) is 5. The largest absolute Gasteiger partial charge is 0.356 e. The van der Waals surface area contributed by atoms with Crippen molar-refractivity contribution < 1.29 is 9.18 Å². The van der Waals surface area contributed by atoms with Crippen LogP contribution < -0.4 is 10.2 Å². The van der Waals surface area contributed by atoms with Crippen LogP contribution in [-0.4, -0.2) is 38.7 Å². The topological polar surface area (TPSA) is 75.9 Å². The summed E-state index contributed by atoms with van der Waals surface area (Å²) >= 11 is 5.72. The van der Waals surface area contributed by atoms with Crippen molar-refractivity contribution in [3.05, 3.63) is 41.6 Å². The highest BCUT2D eigenvalue weighted by atomic mass is 35.5. The maximum atomic E-state index is 13.8. The minimum atomic E-state index is -0.588. The molecule has 0 atom stereocenters. The molecule has 1 saturated heterocycles. The Balaban J connectivity index is 1.55. The highest BCUT2D eigenvalue weighted by Gasteiger charge is 2.19. The zero-order valence-corrected chi connectivity index (χ0v) is 14.6. The van der Waals surface area contributed by atoms with Gasteiger partial charge in [-0.25, -0.2) is 19.0 Å². The van der Waals surface area contributed by atoms with Crippen molar-refractivity contribution in [2.45, 2.75) is 19.4 Å².